The number of benzene rings is 1. The van der Waals surface area contributed by atoms with Crippen LogP contribution in [0.4, 0.5) is 0 Å². The van der Waals surface area contributed by atoms with Crippen molar-refractivity contribution in [2.24, 2.45) is 0 Å². The van der Waals surface area contributed by atoms with E-state index in [1.165, 1.54) is 6.26 Å². The second-order valence-corrected chi connectivity index (χ2v) is 4.81. The average molecular weight is 310 g/mol. The zero-order chi connectivity index (χ0) is 15.1. The van der Waals surface area contributed by atoms with Gasteiger partial charge in [0.05, 0.1) is 19.5 Å². The Morgan fingerprint density at radius 3 is 2.81 bits per heavy atom. The van der Waals surface area contributed by atoms with Gasteiger partial charge in [0.25, 0.3) is 0 Å². The SMILES string of the molecule is O=C(COCc1ccccc1Cl)NC(CO)c1ccco1. The number of aliphatic hydroxyl groups excluding tert-OH is 1. The molecule has 0 saturated heterocycles. The summed E-state index contributed by atoms with van der Waals surface area (Å²) >= 11 is 5.99. The second kappa shape index (κ2) is 7.83. The number of rotatable bonds is 7. The zero-order valence-corrected chi connectivity index (χ0v) is 12.0. The maximum atomic E-state index is 11.8. The minimum atomic E-state index is -0.573. The van der Waals surface area contributed by atoms with Gasteiger partial charge in [-0.3, -0.25) is 4.79 Å². The highest BCUT2D eigenvalue weighted by Gasteiger charge is 2.16. The molecule has 0 aliphatic heterocycles. The summed E-state index contributed by atoms with van der Waals surface area (Å²) in [6, 6.07) is 10.1. The molecule has 1 amide bonds. The van der Waals surface area contributed by atoms with Crippen molar-refractivity contribution < 1.29 is 19.1 Å². The number of aliphatic hydroxyl groups is 1. The molecule has 1 atom stereocenters. The van der Waals surface area contributed by atoms with Gasteiger partial charge >= 0.3 is 0 Å². The van der Waals surface area contributed by atoms with E-state index in [-0.39, 0.29) is 25.7 Å². The molecule has 0 fully saturated rings. The van der Waals surface area contributed by atoms with Crippen molar-refractivity contribution in [2.75, 3.05) is 13.2 Å². The molecule has 0 saturated carbocycles. The van der Waals surface area contributed by atoms with E-state index in [0.29, 0.717) is 10.8 Å². The molecule has 5 nitrogen and oxygen atoms in total. The zero-order valence-electron chi connectivity index (χ0n) is 11.3. The van der Waals surface area contributed by atoms with E-state index in [4.69, 9.17) is 20.8 Å². The van der Waals surface area contributed by atoms with Crippen LogP contribution in [0, 0.1) is 0 Å². The van der Waals surface area contributed by atoms with Gasteiger partial charge in [0.1, 0.15) is 18.4 Å². The van der Waals surface area contributed by atoms with Crippen molar-refractivity contribution in [3.05, 3.63) is 59.0 Å². The summed E-state index contributed by atoms with van der Waals surface area (Å²) in [7, 11) is 0. The Morgan fingerprint density at radius 1 is 1.33 bits per heavy atom. The number of carbonyl (C=O) groups is 1. The number of hydrogen-bond acceptors (Lipinski definition) is 4. The molecule has 1 aromatic heterocycles. The van der Waals surface area contributed by atoms with Gasteiger partial charge in [-0.05, 0) is 23.8 Å². The van der Waals surface area contributed by atoms with Crippen LogP contribution in [0.5, 0.6) is 0 Å². The predicted molar refractivity (Wildman–Crippen MR) is 77.8 cm³/mol. The topological polar surface area (TPSA) is 71.7 Å². The third-order valence-electron chi connectivity index (χ3n) is 2.85. The van der Waals surface area contributed by atoms with Crippen molar-refractivity contribution in [1.82, 2.24) is 5.32 Å². The van der Waals surface area contributed by atoms with Crippen molar-refractivity contribution in [3.8, 4) is 0 Å². The monoisotopic (exact) mass is 309 g/mol. The van der Waals surface area contributed by atoms with Crippen LogP contribution in [-0.4, -0.2) is 24.2 Å². The van der Waals surface area contributed by atoms with Crippen molar-refractivity contribution >= 4 is 17.5 Å². The highest BCUT2D eigenvalue weighted by atomic mass is 35.5. The Morgan fingerprint density at radius 2 is 2.14 bits per heavy atom. The molecule has 0 bridgehead atoms. The molecule has 0 radical (unpaired) electrons. The van der Waals surface area contributed by atoms with Gasteiger partial charge in [0.2, 0.25) is 5.91 Å². The summed E-state index contributed by atoms with van der Waals surface area (Å²) in [4.78, 5) is 11.8. The smallest absolute Gasteiger partial charge is 0.246 e. The molecular weight excluding hydrogens is 294 g/mol. The van der Waals surface area contributed by atoms with Crippen LogP contribution in [0.15, 0.2) is 47.1 Å². The van der Waals surface area contributed by atoms with Gasteiger partial charge in [-0.15, -0.1) is 0 Å². The molecule has 112 valence electrons. The van der Waals surface area contributed by atoms with Crippen LogP contribution in [0.2, 0.25) is 5.02 Å². The maximum absolute atomic E-state index is 11.8. The lowest BCUT2D eigenvalue weighted by molar-refractivity contribution is -0.127. The maximum Gasteiger partial charge on any atom is 0.246 e. The first-order valence-electron chi connectivity index (χ1n) is 6.45. The number of nitrogens with one attached hydrogen (secondary N) is 1. The first kappa shape index (κ1) is 15.6. The highest BCUT2D eigenvalue weighted by molar-refractivity contribution is 6.31. The van der Waals surface area contributed by atoms with E-state index in [9.17, 15) is 9.90 Å². The van der Waals surface area contributed by atoms with E-state index < -0.39 is 6.04 Å². The molecule has 0 aliphatic carbocycles. The largest absolute Gasteiger partial charge is 0.467 e. The number of carbonyl (C=O) groups excluding carboxylic acids is 1. The fourth-order valence-electron chi connectivity index (χ4n) is 1.80. The highest BCUT2D eigenvalue weighted by Crippen LogP contribution is 2.16. The van der Waals surface area contributed by atoms with E-state index >= 15 is 0 Å². The number of halogens is 1. The second-order valence-electron chi connectivity index (χ2n) is 4.40. The molecule has 2 N–H and O–H groups in total. The fourth-order valence-corrected chi connectivity index (χ4v) is 1.99. The van der Waals surface area contributed by atoms with Crippen LogP contribution in [-0.2, 0) is 16.1 Å². The van der Waals surface area contributed by atoms with E-state index in [1.54, 1.807) is 18.2 Å². The Bertz CT molecular complexity index is 571. The molecular formula is C15H16ClNO4. The first-order valence-corrected chi connectivity index (χ1v) is 6.83. The molecule has 21 heavy (non-hydrogen) atoms. The van der Waals surface area contributed by atoms with E-state index in [1.807, 2.05) is 18.2 Å². The fraction of sp³-hybridized carbons (Fsp3) is 0.267. The molecule has 2 rings (SSSR count). The van der Waals surface area contributed by atoms with Gasteiger partial charge in [0, 0.05) is 5.02 Å². The van der Waals surface area contributed by atoms with Gasteiger partial charge in [-0.1, -0.05) is 29.8 Å². The number of amides is 1. The van der Waals surface area contributed by atoms with Crippen LogP contribution in [0.3, 0.4) is 0 Å². The summed E-state index contributed by atoms with van der Waals surface area (Å²) in [5.74, 6) is 0.162. The summed E-state index contributed by atoms with van der Waals surface area (Å²) in [6.07, 6.45) is 1.48. The minimum Gasteiger partial charge on any atom is -0.467 e. The molecule has 1 heterocycles. The third kappa shape index (κ3) is 4.60. The Hall–Kier alpha value is -1.82. The molecule has 1 aromatic carbocycles. The lowest BCUT2D eigenvalue weighted by Gasteiger charge is -2.14. The van der Waals surface area contributed by atoms with Crippen molar-refractivity contribution in [1.29, 1.82) is 0 Å². The molecule has 0 aliphatic rings. The summed E-state index contributed by atoms with van der Waals surface area (Å²) < 4.78 is 10.5. The van der Waals surface area contributed by atoms with Crippen molar-refractivity contribution in [3.63, 3.8) is 0 Å². The van der Waals surface area contributed by atoms with Crippen LogP contribution < -0.4 is 5.32 Å². The molecule has 6 heteroatoms. The molecule has 0 spiro atoms. The average Bonchev–Trinajstić information content (AvgIpc) is 3.01. The van der Waals surface area contributed by atoms with E-state index in [0.717, 1.165) is 5.56 Å². The standard InChI is InChI=1S/C15H16ClNO4/c16-12-5-2-1-4-11(12)9-20-10-15(19)17-13(8-18)14-6-3-7-21-14/h1-7,13,18H,8-10H2,(H,17,19). The third-order valence-corrected chi connectivity index (χ3v) is 3.22. The van der Waals surface area contributed by atoms with Gasteiger partial charge in [-0.25, -0.2) is 0 Å². The number of furan rings is 1. The van der Waals surface area contributed by atoms with E-state index in [2.05, 4.69) is 5.32 Å². The summed E-state index contributed by atoms with van der Waals surface area (Å²) in [5, 5.41) is 12.5. The van der Waals surface area contributed by atoms with Crippen molar-refractivity contribution in [2.45, 2.75) is 12.6 Å². The normalized spacial score (nSPS) is 12.1. The van der Waals surface area contributed by atoms with Gasteiger partial charge < -0.3 is 19.6 Å². The quantitative estimate of drug-likeness (QED) is 0.823. The van der Waals surface area contributed by atoms with Crippen LogP contribution in [0.1, 0.15) is 17.4 Å². The molecule has 2 aromatic rings. The predicted octanol–water partition coefficient (Wildman–Crippen LogP) is 2.30. The Balaban J connectivity index is 1.78. The Kier molecular flexibility index (Phi) is 5.80. The molecule has 1 unspecified atom stereocenters. The summed E-state index contributed by atoms with van der Waals surface area (Å²) in [5.41, 5.74) is 0.816. The lowest BCUT2D eigenvalue weighted by Crippen LogP contribution is -2.33. The van der Waals surface area contributed by atoms with Gasteiger partial charge in [0.15, 0.2) is 0 Å². The summed E-state index contributed by atoms with van der Waals surface area (Å²) in [6.45, 7) is -0.121. The number of hydrogen-bond donors (Lipinski definition) is 2. The van der Waals surface area contributed by atoms with Crippen LogP contribution >= 0.6 is 11.6 Å². The number of ether oxygens (including phenoxy) is 1. The minimum absolute atomic E-state index is 0.123. The van der Waals surface area contributed by atoms with Crippen LogP contribution in [0.25, 0.3) is 0 Å². The van der Waals surface area contributed by atoms with Gasteiger partial charge in [-0.2, -0.15) is 0 Å². The first-order chi connectivity index (χ1) is 10.2. The lowest BCUT2D eigenvalue weighted by atomic mass is 10.2. The Labute approximate surface area is 127 Å².